The average Bonchev–Trinajstić information content (AvgIpc) is 2.74. The minimum Gasteiger partial charge on any atom is -0.497 e. The summed E-state index contributed by atoms with van der Waals surface area (Å²) in [6.07, 6.45) is 0. The van der Waals surface area contributed by atoms with Gasteiger partial charge < -0.3 is 9.47 Å². The van der Waals surface area contributed by atoms with Gasteiger partial charge in [0, 0.05) is 6.54 Å². The molecule has 0 aliphatic heterocycles. The van der Waals surface area contributed by atoms with Crippen LogP contribution in [0.25, 0.3) is 0 Å². The molecule has 0 saturated carbocycles. The van der Waals surface area contributed by atoms with E-state index in [0.29, 0.717) is 19.0 Å². The Morgan fingerprint density at radius 3 is 2.11 bits per heavy atom. The van der Waals surface area contributed by atoms with Gasteiger partial charge in [-0.05, 0) is 41.0 Å². The maximum absolute atomic E-state index is 12.5. The van der Waals surface area contributed by atoms with Crippen LogP contribution in [0.2, 0.25) is 0 Å². The van der Waals surface area contributed by atoms with Crippen molar-refractivity contribution in [1.29, 1.82) is 0 Å². The molecule has 3 aromatic rings. The van der Waals surface area contributed by atoms with Crippen molar-refractivity contribution in [3.05, 3.63) is 95.6 Å². The number of methoxy groups -OCH3 is 1. The normalized spacial score (nSPS) is 11.3. The Morgan fingerprint density at radius 1 is 0.786 bits per heavy atom. The summed E-state index contributed by atoms with van der Waals surface area (Å²) < 4.78 is 38.6. The van der Waals surface area contributed by atoms with Crippen molar-refractivity contribution in [2.45, 2.75) is 24.7 Å². The Balaban J connectivity index is 1.62. The van der Waals surface area contributed by atoms with Crippen molar-refractivity contribution >= 4 is 10.0 Å². The van der Waals surface area contributed by atoms with Crippen LogP contribution in [0.4, 0.5) is 0 Å². The highest BCUT2D eigenvalue weighted by Gasteiger charge is 2.14. The Bertz CT molecular complexity index is 987. The van der Waals surface area contributed by atoms with E-state index in [0.717, 1.165) is 16.7 Å². The molecule has 0 bridgehead atoms. The van der Waals surface area contributed by atoms with E-state index in [1.165, 1.54) is 12.1 Å². The molecule has 3 aromatic carbocycles. The molecular weight excluding hydrogens is 374 g/mol. The summed E-state index contributed by atoms with van der Waals surface area (Å²) in [6.45, 7) is 1.11. The first kappa shape index (κ1) is 20.1. The first-order chi connectivity index (χ1) is 13.6. The van der Waals surface area contributed by atoms with Crippen molar-refractivity contribution in [3.63, 3.8) is 0 Å². The average molecular weight is 397 g/mol. The number of nitrogens with one attached hydrogen (secondary N) is 1. The maximum Gasteiger partial charge on any atom is 0.240 e. The zero-order valence-electron chi connectivity index (χ0n) is 15.7. The molecule has 0 aromatic heterocycles. The molecule has 0 radical (unpaired) electrons. The van der Waals surface area contributed by atoms with E-state index in [1.807, 2.05) is 54.6 Å². The van der Waals surface area contributed by atoms with Gasteiger partial charge in [-0.3, -0.25) is 0 Å². The van der Waals surface area contributed by atoms with E-state index in [2.05, 4.69) is 4.72 Å². The highest BCUT2D eigenvalue weighted by molar-refractivity contribution is 7.89. The van der Waals surface area contributed by atoms with Crippen LogP contribution in [0.1, 0.15) is 16.7 Å². The molecule has 0 atom stereocenters. The minimum atomic E-state index is -3.61. The van der Waals surface area contributed by atoms with Gasteiger partial charge in [0.15, 0.2) is 0 Å². The molecule has 3 rings (SSSR count). The molecule has 0 aliphatic carbocycles. The third-order valence-electron chi connectivity index (χ3n) is 4.31. The van der Waals surface area contributed by atoms with Gasteiger partial charge >= 0.3 is 0 Å². The summed E-state index contributed by atoms with van der Waals surface area (Å²) in [5.74, 6) is 0.611. The van der Waals surface area contributed by atoms with Gasteiger partial charge in [-0.2, -0.15) is 0 Å². The molecule has 146 valence electrons. The van der Waals surface area contributed by atoms with E-state index in [9.17, 15) is 8.42 Å². The van der Waals surface area contributed by atoms with Crippen molar-refractivity contribution in [3.8, 4) is 5.75 Å². The summed E-state index contributed by atoms with van der Waals surface area (Å²) in [7, 11) is -2.07. The smallest absolute Gasteiger partial charge is 0.240 e. The van der Waals surface area contributed by atoms with Crippen LogP contribution >= 0.6 is 0 Å². The lowest BCUT2D eigenvalue weighted by atomic mass is 10.1. The van der Waals surface area contributed by atoms with Crippen LogP contribution in [0.15, 0.2) is 83.8 Å². The maximum atomic E-state index is 12.5. The lowest BCUT2D eigenvalue weighted by molar-refractivity contribution is 0.106. The van der Waals surface area contributed by atoms with Gasteiger partial charge in [-0.25, -0.2) is 13.1 Å². The zero-order valence-corrected chi connectivity index (χ0v) is 16.5. The van der Waals surface area contributed by atoms with Crippen LogP contribution in [-0.2, 0) is 34.5 Å². The highest BCUT2D eigenvalue weighted by Crippen LogP contribution is 2.17. The molecule has 0 aliphatic rings. The van der Waals surface area contributed by atoms with Crippen LogP contribution in [0.5, 0.6) is 5.75 Å². The largest absolute Gasteiger partial charge is 0.497 e. The molecule has 0 amide bonds. The molecule has 0 unspecified atom stereocenters. The minimum absolute atomic E-state index is 0.194. The topological polar surface area (TPSA) is 64.6 Å². The fourth-order valence-electron chi connectivity index (χ4n) is 2.73. The fraction of sp³-hybridized carbons (Fsp3) is 0.182. The van der Waals surface area contributed by atoms with Crippen LogP contribution in [0.3, 0.4) is 0 Å². The predicted octanol–water partition coefficient (Wildman–Crippen LogP) is 3.89. The Morgan fingerprint density at radius 2 is 1.43 bits per heavy atom. The number of sulfonamides is 1. The molecular formula is C22H23NO4S. The summed E-state index contributed by atoms with van der Waals surface area (Å²) in [5, 5.41) is 0. The van der Waals surface area contributed by atoms with Crippen molar-refractivity contribution < 1.29 is 17.9 Å². The van der Waals surface area contributed by atoms with Gasteiger partial charge in [-0.1, -0.05) is 54.6 Å². The summed E-state index contributed by atoms with van der Waals surface area (Å²) in [4.78, 5) is 0.200. The van der Waals surface area contributed by atoms with Gasteiger partial charge in [-0.15, -0.1) is 0 Å². The molecule has 1 N–H and O–H groups in total. The van der Waals surface area contributed by atoms with Crippen molar-refractivity contribution in [2.75, 3.05) is 7.11 Å². The van der Waals surface area contributed by atoms with Crippen LogP contribution < -0.4 is 9.46 Å². The molecule has 0 fully saturated rings. The summed E-state index contributed by atoms with van der Waals surface area (Å²) in [5.41, 5.74) is 2.93. The molecule has 0 spiro atoms. The van der Waals surface area contributed by atoms with Crippen molar-refractivity contribution in [1.82, 2.24) is 4.72 Å². The van der Waals surface area contributed by atoms with E-state index < -0.39 is 10.0 Å². The van der Waals surface area contributed by atoms with Crippen LogP contribution in [-0.4, -0.2) is 15.5 Å². The van der Waals surface area contributed by atoms with Gasteiger partial charge in [0.1, 0.15) is 5.75 Å². The first-order valence-electron chi connectivity index (χ1n) is 8.90. The lowest BCUT2D eigenvalue weighted by Crippen LogP contribution is -2.23. The number of hydrogen-bond donors (Lipinski definition) is 1. The fourth-order valence-corrected chi connectivity index (χ4v) is 3.74. The van der Waals surface area contributed by atoms with Crippen LogP contribution in [0, 0.1) is 0 Å². The standard InChI is InChI=1S/C22H23NO4S/c1-26-21-11-13-22(14-12-21)28(24,25)23-15-19-9-5-6-10-20(19)17-27-16-18-7-3-2-4-8-18/h2-14,23H,15-17H2,1H3. The molecule has 5 nitrogen and oxygen atoms in total. The molecule has 0 saturated heterocycles. The second-order valence-corrected chi connectivity index (χ2v) is 8.01. The Kier molecular flexibility index (Phi) is 6.81. The Labute approximate surface area is 166 Å². The third kappa shape index (κ3) is 5.42. The predicted molar refractivity (Wildman–Crippen MR) is 108 cm³/mol. The monoisotopic (exact) mass is 397 g/mol. The van der Waals surface area contributed by atoms with E-state index >= 15 is 0 Å². The van der Waals surface area contributed by atoms with E-state index in [-0.39, 0.29) is 11.4 Å². The molecule has 6 heteroatoms. The van der Waals surface area contributed by atoms with E-state index in [1.54, 1.807) is 19.2 Å². The molecule has 28 heavy (non-hydrogen) atoms. The van der Waals surface area contributed by atoms with Gasteiger partial charge in [0.05, 0.1) is 25.2 Å². The Hall–Kier alpha value is -2.67. The first-order valence-corrected chi connectivity index (χ1v) is 10.4. The summed E-state index contributed by atoms with van der Waals surface area (Å²) >= 11 is 0. The second kappa shape index (κ2) is 9.50. The lowest BCUT2D eigenvalue weighted by Gasteiger charge is -2.12. The highest BCUT2D eigenvalue weighted by atomic mass is 32.2. The second-order valence-electron chi connectivity index (χ2n) is 6.25. The quantitative estimate of drug-likeness (QED) is 0.595. The number of benzene rings is 3. The number of hydrogen-bond acceptors (Lipinski definition) is 4. The zero-order chi connectivity index (χ0) is 19.8. The third-order valence-corrected chi connectivity index (χ3v) is 5.73. The van der Waals surface area contributed by atoms with Crippen molar-refractivity contribution in [2.24, 2.45) is 0 Å². The SMILES string of the molecule is COc1ccc(S(=O)(=O)NCc2ccccc2COCc2ccccc2)cc1. The van der Waals surface area contributed by atoms with E-state index in [4.69, 9.17) is 9.47 Å². The van der Waals surface area contributed by atoms with Gasteiger partial charge in [0.2, 0.25) is 10.0 Å². The summed E-state index contributed by atoms with van der Waals surface area (Å²) in [6, 6.07) is 23.9. The number of rotatable bonds is 9. The molecule has 0 heterocycles. The number of ether oxygens (including phenoxy) is 2. The van der Waals surface area contributed by atoms with Gasteiger partial charge in [0.25, 0.3) is 0 Å².